The van der Waals surface area contributed by atoms with Gasteiger partial charge in [-0.1, -0.05) is 11.6 Å². The molecule has 2 aliphatic heterocycles. The van der Waals surface area contributed by atoms with Crippen LogP contribution in [0.2, 0.25) is 5.02 Å². The Morgan fingerprint density at radius 3 is 2.93 bits per heavy atom. The van der Waals surface area contributed by atoms with E-state index in [2.05, 4.69) is 34.4 Å². The van der Waals surface area contributed by atoms with Gasteiger partial charge >= 0.3 is 0 Å². The highest BCUT2D eigenvalue weighted by Crippen LogP contribution is 2.37. The lowest BCUT2D eigenvalue weighted by Crippen LogP contribution is -2.38. The van der Waals surface area contributed by atoms with Crippen LogP contribution >= 0.6 is 11.6 Å². The molecule has 1 fully saturated rings. The summed E-state index contributed by atoms with van der Waals surface area (Å²) < 4.78 is 8.38. The van der Waals surface area contributed by atoms with Crippen molar-refractivity contribution in [1.29, 1.82) is 0 Å². The number of benzene rings is 1. The number of hydrogen-bond acceptors (Lipinski definition) is 6. The summed E-state index contributed by atoms with van der Waals surface area (Å²) in [6.07, 6.45) is 5.79. The summed E-state index contributed by atoms with van der Waals surface area (Å²) in [7, 11) is 0. The minimum Gasteiger partial charge on any atom is -0.375 e. The molecule has 0 aliphatic carbocycles. The van der Waals surface area contributed by atoms with E-state index in [-0.39, 0.29) is 5.60 Å². The van der Waals surface area contributed by atoms with Crippen LogP contribution in [0, 0.1) is 0 Å². The second-order valence-electron chi connectivity index (χ2n) is 8.48. The first-order valence-corrected chi connectivity index (χ1v) is 10.3. The van der Waals surface area contributed by atoms with E-state index >= 15 is 0 Å². The lowest BCUT2D eigenvalue weighted by molar-refractivity contribution is -0.0690. The maximum absolute atomic E-state index is 6.35. The predicted molar refractivity (Wildman–Crippen MR) is 114 cm³/mol. The zero-order valence-electron chi connectivity index (χ0n) is 16.9. The number of hydrazine groups is 2. The Bertz CT molecular complexity index is 1120. The first kappa shape index (κ1) is 18.7. The highest BCUT2D eigenvalue weighted by Gasteiger charge is 2.32. The number of ether oxygens (including phenoxy) is 1. The molecule has 0 spiro atoms. The number of nitrogens with zero attached hydrogens (tertiary/aromatic N) is 4. The molecule has 1 atom stereocenters. The van der Waals surface area contributed by atoms with Gasteiger partial charge in [-0.25, -0.2) is 4.98 Å². The first-order valence-electron chi connectivity index (χ1n) is 9.95. The summed E-state index contributed by atoms with van der Waals surface area (Å²) in [4.78, 5) is 9.59. The van der Waals surface area contributed by atoms with E-state index in [9.17, 15) is 0 Å². The van der Waals surface area contributed by atoms with Gasteiger partial charge in [-0.05, 0) is 51.8 Å². The molecule has 0 amide bonds. The molecule has 0 radical (unpaired) electrons. The number of fused-ring (bicyclic) bond motifs is 3. The van der Waals surface area contributed by atoms with Crippen molar-refractivity contribution in [3.05, 3.63) is 47.1 Å². The fourth-order valence-corrected chi connectivity index (χ4v) is 4.59. The number of hydrogen-bond donors (Lipinski definition) is 2. The Balaban J connectivity index is 1.70. The van der Waals surface area contributed by atoms with Crippen LogP contribution in [0.1, 0.15) is 45.5 Å². The molecular weight excluding hydrogens is 388 g/mol. The van der Waals surface area contributed by atoms with Gasteiger partial charge in [-0.3, -0.25) is 9.99 Å². The molecule has 2 aliphatic rings. The number of nitrogens with one attached hydrogen (secondary N) is 2. The van der Waals surface area contributed by atoms with Crippen molar-refractivity contribution < 1.29 is 4.74 Å². The van der Waals surface area contributed by atoms with E-state index in [1.807, 2.05) is 42.5 Å². The molecule has 8 heteroatoms. The van der Waals surface area contributed by atoms with Gasteiger partial charge < -0.3 is 14.7 Å². The van der Waals surface area contributed by atoms with Crippen LogP contribution in [0.15, 0.2) is 36.3 Å². The van der Waals surface area contributed by atoms with Crippen LogP contribution in [0.4, 0.5) is 0 Å². The van der Waals surface area contributed by atoms with Gasteiger partial charge in [0.2, 0.25) is 0 Å². The Morgan fingerprint density at radius 2 is 2.17 bits per heavy atom. The topological polar surface area (TPSA) is 67.2 Å². The summed E-state index contributed by atoms with van der Waals surface area (Å²) in [6.45, 7) is 7.72. The number of aromatic nitrogens is 3. The number of rotatable bonds is 3. The van der Waals surface area contributed by atoms with Crippen LogP contribution in [-0.4, -0.2) is 31.8 Å². The number of halogens is 1. The normalized spacial score (nSPS) is 21.6. The van der Waals surface area contributed by atoms with Gasteiger partial charge in [0.25, 0.3) is 0 Å². The third-order valence-corrected chi connectivity index (χ3v) is 5.88. The molecular formula is C21H25ClN6O. The van der Waals surface area contributed by atoms with Crippen molar-refractivity contribution in [2.45, 2.75) is 51.8 Å². The van der Waals surface area contributed by atoms with Crippen LogP contribution in [0.25, 0.3) is 21.9 Å². The second kappa shape index (κ2) is 6.86. The lowest BCUT2D eigenvalue weighted by atomic mass is 9.93. The second-order valence-corrected chi connectivity index (χ2v) is 8.92. The molecule has 7 nitrogen and oxygen atoms in total. The van der Waals surface area contributed by atoms with Crippen LogP contribution in [-0.2, 0) is 11.3 Å². The van der Waals surface area contributed by atoms with Crippen molar-refractivity contribution in [1.82, 2.24) is 30.5 Å². The maximum atomic E-state index is 6.35. The average Bonchev–Trinajstić information content (AvgIpc) is 3.24. The third kappa shape index (κ3) is 3.43. The van der Waals surface area contributed by atoms with E-state index in [0.29, 0.717) is 17.6 Å². The summed E-state index contributed by atoms with van der Waals surface area (Å²) in [6, 6.07) is 6.15. The van der Waals surface area contributed by atoms with Crippen molar-refractivity contribution in [2.24, 2.45) is 0 Å². The molecule has 1 unspecified atom stereocenters. The molecule has 0 saturated carbocycles. The molecule has 2 aromatic heterocycles. The van der Waals surface area contributed by atoms with E-state index < -0.39 is 0 Å². The van der Waals surface area contributed by atoms with Gasteiger partial charge in [0, 0.05) is 35.0 Å². The first-order chi connectivity index (χ1) is 13.9. The van der Waals surface area contributed by atoms with Gasteiger partial charge in [-0.15, -0.1) is 5.53 Å². The monoisotopic (exact) mass is 412 g/mol. The summed E-state index contributed by atoms with van der Waals surface area (Å²) in [5.41, 5.74) is 10.1. The maximum Gasteiger partial charge on any atom is 0.131 e. The number of pyridine rings is 1. The minimum atomic E-state index is -0.165. The Morgan fingerprint density at radius 1 is 1.31 bits per heavy atom. The Labute approximate surface area is 174 Å². The van der Waals surface area contributed by atoms with E-state index in [1.165, 1.54) is 0 Å². The molecule has 152 valence electrons. The highest BCUT2D eigenvalue weighted by atomic mass is 35.5. The summed E-state index contributed by atoms with van der Waals surface area (Å²) in [5.74, 6) is 0.997. The Hall–Kier alpha value is -2.35. The molecule has 4 heterocycles. The lowest BCUT2D eigenvalue weighted by Gasteiger charge is -2.37. The molecule has 29 heavy (non-hydrogen) atoms. The van der Waals surface area contributed by atoms with Gasteiger partial charge in [0.15, 0.2) is 0 Å². The van der Waals surface area contributed by atoms with Crippen LogP contribution < -0.4 is 11.0 Å². The predicted octanol–water partition coefficient (Wildman–Crippen LogP) is 4.05. The van der Waals surface area contributed by atoms with Crippen molar-refractivity contribution in [3.63, 3.8) is 0 Å². The number of allylic oxidation sites excluding steroid dienone is 1. The fraction of sp³-hybridized carbons (Fsp3) is 0.429. The van der Waals surface area contributed by atoms with E-state index in [0.717, 1.165) is 52.9 Å². The van der Waals surface area contributed by atoms with Gasteiger partial charge in [-0.2, -0.15) is 0 Å². The zero-order chi connectivity index (χ0) is 20.2. The zero-order valence-corrected chi connectivity index (χ0v) is 17.6. The van der Waals surface area contributed by atoms with Crippen molar-refractivity contribution >= 4 is 33.5 Å². The van der Waals surface area contributed by atoms with E-state index in [1.54, 1.807) is 0 Å². The fourth-order valence-electron chi connectivity index (χ4n) is 4.42. The van der Waals surface area contributed by atoms with Gasteiger partial charge in [0.1, 0.15) is 11.3 Å². The quantitative estimate of drug-likeness (QED) is 0.676. The van der Waals surface area contributed by atoms with Crippen molar-refractivity contribution in [3.8, 4) is 0 Å². The molecule has 3 aromatic rings. The molecule has 1 saturated heterocycles. The Kier molecular flexibility index (Phi) is 4.42. The molecule has 0 bridgehead atoms. The minimum absolute atomic E-state index is 0.165. The smallest absolute Gasteiger partial charge is 0.131 e. The van der Waals surface area contributed by atoms with E-state index in [4.69, 9.17) is 21.3 Å². The SMILES string of the molecule is CC1=CN(Cc2nc3cnc4ccc(Cl)cc4c3n2C2CCOC(C)(C)C2)NN1. The molecule has 2 N–H and O–H groups in total. The molecule has 5 rings (SSSR count). The highest BCUT2D eigenvalue weighted by molar-refractivity contribution is 6.31. The average molecular weight is 413 g/mol. The molecule has 1 aromatic carbocycles. The largest absolute Gasteiger partial charge is 0.375 e. The number of imidazole rings is 1. The standard InChI is InChI=1S/C21H25ClN6O/c1-13-11-27(26-25-13)12-19-24-18-10-23-17-5-4-14(22)8-16(17)20(18)28(19)15-6-7-29-21(2,3)9-15/h4-5,8,10-11,15,25-26H,6-7,9,12H2,1-3H3. The van der Waals surface area contributed by atoms with Crippen molar-refractivity contribution in [2.75, 3.05) is 6.61 Å². The van der Waals surface area contributed by atoms with Crippen LogP contribution in [0.3, 0.4) is 0 Å². The summed E-state index contributed by atoms with van der Waals surface area (Å²) >= 11 is 6.35. The van der Waals surface area contributed by atoms with Crippen LogP contribution in [0.5, 0.6) is 0 Å². The van der Waals surface area contributed by atoms with Gasteiger partial charge in [0.05, 0.1) is 29.4 Å². The summed E-state index contributed by atoms with van der Waals surface area (Å²) in [5, 5.41) is 3.76. The third-order valence-electron chi connectivity index (χ3n) is 5.64.